The van der Waals surface area contributed by atoms with E-state index >= 15 is 0 Å². The lowest BCUT2D eigenvalue weighted by Gasteiger charge is -2.29. The molecule has 1 saturated carbocycles. The zero-order valence-corrected chi connectivity index (χ0v) is 11.4. The van der Waals surface area contributed by atoms with Crippen molar-refractivity contribution in [2.45, 2.75) is 52.0 Å². The first-order chi connectivity index (χ1) is 9.16. The summed E-state index contributed by atoms with van der Waals surface area (Å²) in [6.45, 7) is 2.44. The molecule has 1 aromatic heterocycles. The van der Waals surface area contributed by atoms with Gasteiger partial charge in [0, 0.05) is 6.54 Å². The van der Waals surface area contributed by atoms with Crippen LogP contribution in [0.3, 0.4) is 0 Å². The quantitative estimate of drug-likeness (QED) is 0.801. The molecule has 1 aromatic rings. The van der Waals surface area contributed by atoms with Crippen LogP contribution in [0.15, 0.2) is 4.52 Å². The Bertz CT molecular complexity index is 422. The molecular weight excluding hydrogens is 244 g/mol. The van der Waals surface area contributed by atoms with E-state index in [1.807, 2.05) is 0 Å². The number of carbonyl (C=O) groups is 1. The molecule has 1 heterocycles. The zero-order valence-electron chi connectivity index (χ0n) is 11.4. The molecule has 1 amide bonds. The van der Waals surface area contributed by atoms with E-state index < -0.39 is 5.41 Å². The molecule has 6 heteroatoms. The normalized spacial score (nSPS) is 18.8. The minimum absolute atomic E-state index is 0.0211. The van der Waals surface area contributed by atoms with Crippen LogP contribution in [0.2, 0.25) is 0 Å². The number of nitrogens with two attached hydrogens (primary N) is 1. The molecule has 0 spiro atoms. The molecule has 0 unspecified atom stereocenters. The number of hydrogen-bond donors (Lipinski definition) is 2. The van der Waals surface area contributed by atoms with Gasteiger partial charge in [0.1, 0.15) is 0 Å². The summed E-state index contributed by atoms with van der Waals surface area (Å²) >= 11 is 0. The van der Waals surface area contributed by atoms with Gasteiger partial charge < -0.3 is 15.6 Å². The van der Waals surface area contributed by atoms with Crippen molar-refractivity contribution in [2.75, 3.05) is 6.54 Å². The molecular formula is C13H22N4O2. The first-order valence-electron chi connectivity index (χ1n) is 6.94. The molecule has 19 heavy (non-hydrogen) atoms. The van der Waals surface area contributed by atoms with Crippen molar-refractivity contribution < 1.29 is 9.32 Å². The van der Waals surface area contributed by atoms with Crippen molar-refractivity contribution in [3.8, 4) is 0 Å². The molecule has 6 nitrogen and oxygen atoms in total. The van der Waals surface area contributed by atoms with Gasteiger partial charge in [-0.3, -0.25) is 4.79 Å². The van der Waals surface area contributed by atoms with E-state index in [1.54, 1.807) is 6.92 Å². The SMILES string of the molecule is Cc1noc(CNC(=O)C2(CN)CCCCCC2)n1. The van der Waals surface area contributed by atoms with E-state index in [4.69, 9.17) is 10.3 Å². The Balaban J connectivity index is 1.96. The molecule has 0 atom stereocenters. The van der Waals surface area contributed by atoms with Crippen LogP contribution in [0.5, 0.6) is 0 Å². The number of carbonyl (C=O) groups excluding carboxylic acids is 1. The highest BCUT2D eigenvalue weighted by molar-refractivity contribution is 5.82. The van der Waals surface area contributed by atoms with Gasteiger partial charge in [0.15, 0.2) is 5.82 Å². The molecule has 106 valence electrons. The summed E-state index contributed by atoms with van der Waals surface area (Å²) in [5.41, 5.74) is 5.46. The fourth-order valence-corrected chi connectivity index (χ4v) is 2.68. The van der Waals surface area contributed by atoms with Crippen LogP contribution in [-0.2, 0) is 11.3 Å². The van der Waals surface area contributed by atoms with Gasteiger partial charge in [-0.2, -0.15) is 4.98 Å². The summed E-state index contributed by atoms with van der Waals surface area (Å²) < 4.78 is 4.99. The van der Waals surface area contributed by atoms with E-state index in [9.17, 15) is 4.79 Å². The fourth-order valence-electron chi connectivity index (χ4n) is 2.68. The van der Waals surface area contributed by atoms with Crippen LogP contribution in [-0.4, -0.2) is 22.6 Å². The molecule has 0 radical (unpaired) electrons. The summed E-state index contributed by atoms with van der Waals surface area (Å²) in [5, 5.41) is 6.58. The minimum atomic E-state index is -0.411. The average Bonchev–Trinajstić information content (AvgIpc) is 2.69. The van der Waals surface area contributed by atoms with E-state index in [-0.39, 0.29) is 12.5 Å². The third kappa shape index (κ3) is 3.32. The lowest BCUT2D eigenvalue weighted by atomic mass is 9.79. The van der Waals surface area contributed by atoms with Gasteiger partial charge in [-0.1, -0.05) is 30.8 Å². The van der Waals surface area contributed by atoms with Crippen molar-refractivity contribution in [3.63, 3.8) is 0 Å². The number of nitrogens with zero attached hydrogens (tertiary/aromatic N) is 2. The first-order valence-corrected chi connectivity index (χ1v) is 6.94. The molecule has 1 aliphatic rings. The monoisotopic (exact) mass is 266 g/mol. The van der Waals surface area contributed by atoms with E-state index in [1.165, 1.54) is 12.8 Å². The van der Waals surface area contributed by atoms with Gasteiger partial charge in [0.05, 0.1) is 12.0 Å². The topological polar surface area (TPSA) is 94.0 Å². The molecule has 0 aliphatic heterocycles. The van der Waals surface area contributed by atoms with E-state index in [2.05, 4.69) is 15.5 Å². The summed E-state index contributed by atoms with van der Waals surface area (Å²) in [6.07, 6.45) is 6.28. The Kier molecular flexibility index (Phi) is 4.52. The van der Waals surface area contributed by atoms with E-state index in [0.29, 0.717) is 18.3 Å². The number of hydrogen-bond acceptors (Lipinski definition) is 5. The number of aromatic nitrogens is 2. The van der Waals surface area contributed by atoms with Gasteiger partial charge >= 0.3 is 0 Å². The Labute approximate surface area is 113 Å². The van der Waals surface area contributed by atoms with Crippen LogP contribution < -0.4 is 11.1 Å². The predicted octanol–water partition coefficient (Wildman–Crippen LogP) is 1.29. The molecule has 1 fully saturated rings. The number of aryl methyl sites for hydroxylation is 1. The molecule has 3 N–H and O–H groups in total. The Hall–Kier alpha value is -1.43. The van der Waals surface area contributed by atoms with Crippen molar-refractivity contribution in [1.82, 2.24) is 15.5 Å². The molecule has 0 saturated heterocycles. The maximum atomic E-state index is 12.4. The number of rotatable bonds is 4. The third-order valence-corrected chi connectivity index (χ3v) is 3.90. The van der Waals surface area contributed by atoms with Crippen LogP contribution in [0.4, 0.5) is 0 Å². The molecule has 0 bridgehead atoms. The Morgan fingerprint density at radius 3 is 2.58 bits per heavy atom. The summed E-state index contributed by atoms with van der Waals surface area (Å²) in [5.74, 6) is 1.03. The smallest absolute Gasteiger partial charge is 0.246 e. The predicted molar refractivity (Wildman–Crippen MR) is 70.1 cm³/mol. The van der Waals surface area contributed by atoms with Crippen LogP contribution in [0.1, 0.15) is 50.2 Å². The van der Waals surface area contributed by atoms with Gasteiger partial charge in [-0.05, 0) is 19.8 Å². The second-order valence-corrected chi connectivity index (χ2v) is 5.32. The first kappa shape index (κ1) is 14.0. The van der Waals surface area contributed by atoms with Gasteiger partial charge in [0.25, 0.3) is 0 Å². The highest BCUT2D eigenvalue weighted by Crippen LogP contribution is 2.34. The highest BCUT2D eigenvalue weighted by Gasteiger charge is 2.37. The lowest BCUT2D eigenvalue weighted by molar-refractivity contribution is -0.131. The number of amides is 1. The summed E-state index contributed by atoms with van der Waals surface area (Å²) in [4.78, 5) is 16.5. The molecule has 2 rings (SSSR count). The van der Waals surface area contributed by atoms with Crippen molar-refractivity contribution >= 4 is 5.91 Å². The highest BCUT2D eigenvalue weighted by atomic mass is 16.5. The van der Waals surface area contributed by atoms with Crippen LogP contribution >= 0.6 is 0 Å². The third-order valence-electron chi connectivity index (χ3n) is 3.90. The zero-order chi connectivity index (χ0) is 13.7. The van der Waals surface area contributed by atoms with Crippen molar-refractivity contribution in [3.05, 3.63) is 11.7 Å². The largest absolute Gasteiger partial charge is 0.346 e. The van der Waals surface area contributed by atoms with Gasteiger partial charge in [-0.15, -0.1) is 0 Å². The molecule has 1 aliphatic carbocycles. The Morgan fingerprint density at radius 1 is 1.37 bits per heavy atom. The van der Waals surface area contributed by atoms with Crippen molar-refractivity contribution in [2.24, 2.45) is 11.1 Å². The number of nitrogens with one attached hydrogen (secondary N) is 1. The van der Waals surface area contributed by atoms with E-state index in [0.717, 1.165) is 25.7 Å². The minimum Gasteiger partial charge on any atom is -0.346 e. The fraction of sp³-hybridized carbons (Fsp3) is 0.769. The molecule has 0 aromatic carbocycles. The Morgan fingerprint density at radius 2 is 2.05 bits per heavy atom. The van der Waals surface area contributed by atoms with Crippen LogP contribution in [0, 0.1) is 12.3 Å². The lowest BCUT2D eigenvalue weighted by Crippen LogP contribution is -2.45. The second kappa shape index (κ2) is 6.14. The van der Waals surface area contributed by atoms with Crippen LogP contribution in [0.25, 0.3) is 0 Å². The average molecular weight is 266 g/mol. The summed E-state index contributed by atoms with van der Waals surface area (Å²) in [6, 6.07) is 0. The second-order valence-electron chi connectivity index (χ2n) is 5.32. The maximum absolute atomic E-state index is 12.4. The summed E-state index contributed by atoms with van der Waals surface area (Å²) in [7, 11) is 0. The van der Waals surface area contributed by atoms with Gasteiger partial charge in [0.2, 0.25) is 11.8 Å². The maximum Gasteiger partial charge on any atom is 0.246 e. The van der Waals surface area contributed by atoms with Crippen molar-refractivity contribution in [1.29, 1.82) is 0 Å². The standard InChI is InChI=1S/C13H22N4O2/c1-10-16-11(19-17-10)8-15-12(18)13(9-14)6-4-2-3-5-7-13/h2-9,14H2,1H3,(H,15,18). The van der Waals surface area contributed by atoms with Gasteiger partial charge in [-0.25, -0.2) is 0 Å².